The van der Waals surface area contributed by atoms with Crippen LogP contribution < -0.4 is 16.6 Å². The van der Waals surface area contributed by atoms with Crippen LogP contribution in [0, 0.1) is 12.8 Å². The maximum atomic E-state index is 12.6. The van der Waals surface area contributed by atoms with Crippen molar-refractivity contribution in [3.8, 4) is 0 Å². The third-order valence-electron chi connectivity index (χ3n) is 4.84. The molecule has 0 saturated heterocycles. The van der Waals surface area contributed by atoms with Gasteiger partial charge in [0, 0.05) is 25.6 Å². The quantitative estimate of drug-likeness (QED) is 0.880. The minimum Gasteiger partial charge on any atom is -0.350 e. The Labute approximate surface area is 137 Å². The maximum absolute atomic E-state index is 12.6. The SMILES string of the molecule is Cc1c(C(=O)NCC(N)C2CC2)sc2nc3n(c(=O)c12)CCC3. The summed E-state index contributed by atoms with van der Waals surface area (Å²) in [4.78, 5) is 30.9. The molecule has 1 unspecified atom stereocenters. The number of thiophene rings is 1. The van der Waals surface area contributed by atoms with E-state index < -0.39 is 0 Å². The van der Waals surface area contributed by atoms with E-state index in [-0.39, 0.29) is 17.5 Å². The number of rotatable bonds is 4. The van der Waals surface area contributed by atoms with Gasteiger partial charge in [-0.2, -0.15) is 0 Å². The van der Waals surface area contributed by atoms with E-state index in [1.807, 2.05) is 6.92 Å². The van der Waals surface area contributed by atoms with Crippen molar-refractivity contribution in [1.29, 1.82) is 0 Å². The first kappa shape index (κ1) is 14.8. The van der Waals surface area contributed by atoms with Crippen molar-refractivity contribution in [2.75, 3.05) is 6.54 Å². The number of nitrogens with two attached hydrogens (primary N) is 1. The number of nitrogens with one attached hydrogen (secondary N) is 1. The molecule has 2 aromatic rings. The number of aromatic nitrogens is 2. The fourth-order valence-corrected chi connectivity index (χ4v) is 4.38. The highest BCUT2D eigenvalue weighted by Crippen LogP contribution is 2.31. The van der Waals surface area contributed by atoms with Crippen LogP contribution in [0.1, 0.15) is 40.3 Å². The largest absolute Gasteiger partial charge is 0.350 e. The summed E-state index contributed by atoms with van der Waals surface area (Å²) in [6.45, 7) is 3.05. The second-order valence-corrected chi connectivity index (χ2v) is 7.54. The lowest BCUT2D eigenvalue weighted by Crippen LogP contribution is -2.38. The number of carbonyl (C=O) groups excluding carboxylic acids is 1. The van der Waals surface area contributed by atoms with Gasteiger partial charge in [0.05, 0.1) is 10.3 Å². The van der Waals surface area contributed by atoms with E-state index in [0.717, 1.165) is 43.6 Å². The van der Waals surface area contributed by atoms with Crippen LogP contribution in [0.2, 0.25) is 0 Å². The van der Waals surface area contributed by atoms with Crippen LogP contribution in [0.4, 0.5) is 0 Å². The van der Waals surface area contributed by atoms with Gasteiger partial charge in [-0.15, -0.1) is 11.3 Å². The molecule has 0 bridgehead atoms. The number of aryl methyl sites for hydroxylation is 2. The Bertz CT molecular complexity index is 850. The van der Waals surface area contributed by atoms with Crippen molar-refractivity contribution in [3.63, 3.8) is 0 Å². The molecule has 1 aliphatic heterocycles. The van der Waals surface area contributed by atoms with Gasteiger partial charge in [-0.25, -0.2) is 4.98 Å². The van der Waals surface area contributed by atoms with Crippen LogP contribution in [-0.4, -0.2) is 28.0 Å². The van der Waals surface area contributed by atoms with E-state index in [2.05, 4.69) is 10.3 Å². The second kappa shape index (κ2) is 5.42. The van der Waals surface area contributed by atoms with E-state index >= 15 is 0 Å². The molecule has 3 N–H and O–H groups in total. The van der Waals surface area contributed by atoms with E-state index in [1.165, 1.54) is 11.3 Å². The van der Waals surface area contributed by atoms with Crippen LogP contribution in [-0.2, 0) is 13.0 Å². The lowest BCUT2D eigenvalue weighted by Gasteiger charge is -2.11. The molecule has 2 aliphatic rings. The summed E-state index contributed by atoms with van der Waals surface area (Å²) >= 11 is 1.31. The molecule has 2 aromatic heterocycles. The van der Waals surface area contributed by atoms with E-state index in [4.69, 9.17) is 5.73 Å². The fraction of sp³-hybridized carbons (Fsp3) is 0.562. The van der Waals surface area contributed by atoms with E-state index in [1.54, 1.807) is 4.57 Å². The highest BCUT2D eigenvalue weighted by Gasteiger charge is 2.29. The Balaban J connectivity index is 1.65. The molecule has 3 heterocycles. The molecular weight excluding hydrogens is 312 g/mol. The standard InChI is InChI=1S/C16H20N4O2S/c1-8-12-15(19-11-3-2-6-20(11)16(12)22)23-13(8)14(21)18-7-10(17)9-4-5-9/h9-10H,2-7,17H2,1H3,(H,18,21). The summed E-state index contributed by atoms with van der Waals surface area (Å²) < 4.78 is 1.74. The summed E-state index contributed by atoms with van der Waals surface area (Å²) in [5.41, 5.74) is 6.76. The summed E-state index contributed by atoms with van der Waals surface area (Å²) in [7, 11) is 0. The zero-order valence-corrected chi connectivity index (χ0v) is 13.9. The molecule has 1 amide bonds. The van der Waals surface area contributed by atoms with Gasteiger partial charge in [0.15, 0.2) is 0 Å². The van der Waals surface area contributed by atoms with E-state index in [0.29, 0.717) is 27.6 Å². The van der Waals surface area contributed by atoms with Crippen molar-refractivity contribution < 1.29 is 4.79 Å². The number of amides is 1. The third kappa shape index (κ3) is 2.48. The van der Waals surface area contributed by atoms with Crippen molar-refractivity contribution in [2.45, 2.75) is 45.2 Å². The Morgan fingerprint density at radius 1 is 1.52 bits per heavy atom. The lowest BCUT2D eigenvalue weighted by molar-refractivity contribution is 0.0954. The number of hydrogen-bond acceptors (Lipinski definition) is 5. The zero-order chi connectivity index (χ0) is 16.1. The monoisotopic (exact) mass is 332 g/mol. The van der Waals surface area contributed by atoms with Gasteiger partial charge in [-0.05, 0) is 37.7 Å². The molecular formula is C16H20N4O2S. The Kier molecular flexibility index (Phi) is 3.50. The van der Waals surface area contributed by atoms with Crippen molar-refractivity contribution in [1.82, 2.24) is 14.9 Å². The second-order valence-electron chi connectivity index (χ2n) is 6.54. The lowest BCUT2D eigenvalue weighted by atomic mass is 10.2. The van der Waals surface area contributed by atoms with E-state index in [9.17, 15) is 9.59 Å². The highest BCUT2D eigenvalue weighted by atomic mass is 32.1. The smallest absolute Gasteiger partial charge is 0.262 e. The topological polar surface area (TPSA) is 90.0 Å². The fourth-order valence-electron chi connectivity index (χ4n) is 3.27. The van der Waals surface area contributed by atoms with Crippen LogP contribution >= 0.6 is 11.3 Å². The average molecular weight is 332 g/mol. The molecule has 0 aromatic carbocycles. The number of carbonyl (C=O) groups is 1. The van der Waals surface area contributed by atoms with Gasteiger partial charge in [0.1, 0.15) is 10.7 Å². The minimum absolute atomic E-state index is 0.00928. The Morgan fingerprint density at radius 3 is 3.04 bits per heavy atom. The molecule has 1 aliphatic carbocycles. The van der Waals surface area contributed by atoms with Gasteiger partial charge >= 0.3 is 0 Å². The molecule has 1 fully saturated rings. The number of hydrogen-bond donors (Lipinski definition) is 2. The highest BCUT2D eigenvalue weighted by molar-refractivity contribution is 7.20. The minimum atomic E-state index is -0.147. The van der Waals surface area contributed by atoms with Crippen LogP contribution in [0.25, 0.3) is 10.2 Å². The summed E-state index contributed by atoms with van der Waals surface area (Å²) in [5.74, 6) is 1.24. The van der Waals surface area contributed by atoms with Crippen molar-refractivity contribution >= 4 is 27.5 Å². The van der Waals surface area contributed by atoms with Crippen LogP contribution in [0.3, 0.4) is 0 Å². The van der Waals surface area contributed by atoms with Gasteiger partial charge in [-0.1, -0.05) is 0 Å². The average Bonchev–Trinajstić information content (AvgIpc) is 3.19. The number of nitrogens with zero attached hydrogens (tertiary/aromatic N) is 2. The van der Waals surface area contributed by atoms with Gasteiger partial charge in [-0.3, -0.25) is 14.2 Å². The molecule has 0 spiro atoms. The Hall–Kier alpha value is -1.73. The van der Waals surface area contributed by atoms with Crippen molar-refractivity contribution in [3.05, 3.63) is 26.6 Å². The molecule has 7 heteroatoms. The van der Waals surface area contributed by atoms with Crippen LogP contribution in [0.15, 0.2) is 4.79 Å². The normalized spacial score (nSPS) is 18.2. The first-order valence-electron chi connectivity index (χ1n) is 8.13. The van der Waals surface area contributed by atoms with Crippen molar-refractivity contribution in [2.24, 2.45) is 11.7 Å². The molecule has 23 heavy (non-hydrogen) atoms. The maximum Gasteiger partial charge on any atom is 0.262 e. The predicted molar refractivity (Wildman–Crippen MR) is 90.0 cm³/mol. The Morgan fingerprint density at radius 2 is 2.30 bits per heavy atom. The molecule has 1 saturated carbocycles. The summed E-state index contributed by atoms with van der Waals surface area (Å²) in [6, 6.07) is 0.0289. The molecule has 1 atom stereocenters. The summed E-state index contributed by atoms with van der Waals surface area (Å²) in [6.07, 6.45) is 4.11. The molecule has 122 valence electrons. The zero-order valence-electron chi connectivity index (χ0n) is 13.1. The molecule has 4 rings (SSSR count). The predicted octanol–water partition coefficient (Wildman–Crippen LogP) is 1.18. The van der Waals surface area contributed by atoms with Gasteiger partial charge < -0.3 is 11.1 Å². The van der Waals surface area contributed by atoms with Gasteiger partial charge in [0.2, 0.25) is 0 Å². The number of fused-ring (bicyclic) bond motifs is 2. The molecule has 6 nitrogen and oxygen atoms in total. The van der Waals surface area contributed by atoms with Crippen LogP contribution in [0.5, 0.6) is 0 Å². The third-order valence-corrected chi connectivity index (χ3v) is 6.03. The first-order chi connectivity index (χ1) is 11.1. The molecule has 0 radical (unpaired) electrons. The summed E-state index contributed by atoms with van der Waals surface area (Å²) in [5, 5.41) is 3.50. The van der Waals surface area contributed by atoms with Gasteiger partial charge in [0.25, 0.3) is 11.5 Å². The first-order valence-corrected chi connectivity index (χ1v) is 8.94.